The van der Waals surface area contributed by atoms with Gasteiger partial charge >= 0.3 is 57.4 Å². The van der Waals surface area contributed by atoms with Gasteiger partial charge in [0, 0.05) is 32.4 Å². The van der Waals surface area contributed by atoms with Gasteiger partial charge in [-0.2, -0.15) is 0 Å². The fourth-order valence-electron chi connectivity index (χ4n) is 3.22. The molecular weight excluding hydrogens is 390 g/mol. The van der Waals surface area contributed by atoms with E-state index in [1.54, 1.807) is 4.90 Å². The van der Waals surface area contributed by atoms with Gasteiger partial charge < -0.3 is 20.9 Å². The van der Waals surface area contributed by atoms with E-state index < -0.39 is 40.7 Å². The molecule has 27 heavy (non-hydrogen) atoms. The quantitative estimate of drug-likeness (QED) is 0.644. The number of halogens is 3. The number of nitrogens with zero attached hydrogens (tertiary/aromatic N) is 3. The smallest absolute Gasteiger partial charge is 1.00 e. The van der Waals surface area contributed by atoms with Gasteiger partial charge in [0.1, 0.15) is 23.7 Å². The van der Waals surface area contributed by atoms with E-state index in [0.717, 1.165) is 16.8 Å². The van der Waals surface area contributed by atoms with E-state index in [2.05, 4.69) is 0 Å². The number of aryl methyl sites for hydroxylation is 1. The normalized spacial score (nSPS) is 15.0. The maximum atomic E-state index is 15.2. The predicted molar refractivity (Wildman–Crippen MR) is 91.9 cm³/mol. The topological polar surface area (TPSA) is 65.8 Å². The number of benzene rings is 1. The predicted octanol–water partition coefficient (Wildman–Crippen LogP) is -1.18. The number of piperazine rings is 1. The third-order valence-electron chi connectivity index (χ3n) is 4.60. The molecule has 2 heterocycles. The Kier molecular flexibility index (Phi) is 7.51. The van der Waals surface area contributed by atoms with Crippen LogP contribution in [0.2, 0.25) is 0 Å². The van der Waals surface area contributed by atoms with Crippen LogP contribution in [0.4, 0.5) is 18.9 Å². The van der Waals surface area contributed by atoms with Gasteiger partial charge in [0.2, 0.25) is 5.43 Å². The number of hydrogen-bond acceptors (Lipinski definition) is 4. The number of pyridine rings is 1. The molecule has 1 aromatic carbocycles. The van der Waals surface area contributed by atoms with Gasteiger partial charge in [0.05, 0.1) is 17.4 Å². The van der Waals surface area contributed by atoms with Crippen molar-refractivity contribution in [2.45, 2.75) is 6.54 Å². The van der Waals surface area contributed by atoms with Gasteiger partial charge in [-0.05, 0) is 13.1 Å². The van der Waals surface area contributed by atoms with Gasteiger partial charge in [-0.1, -0.05) is 0 Å². The third-order valence-corrected chi connectivity index (χ3v) is 4.60. The van der Waals surface area contributed by atoms with Crippen molar-refractivity contribution in [2.24, 2.45) is 0 Å². The maximum absolute atomic E-state index is 15.2. The van der Waals surface area contributed by atoms with E-state index in [0.29, 0.717) is 26.2 Å². The number of likely N-dealkylation sites (N-methyl/N-ethyl adjacent to an activating group) is 1. The van der Waals surface area contributed by atoms with Crippen LogP contribution in [0.25, 0.3) is 10.9 Å². The van der Waals surface area contributed by atoms with E-state index in [1.807, 2.05) is 11.9 Å². The van der Waals surface area contributed by atoms with Crippen LogP contribution in [-0.4, -0.2) is 60.4 Å². The largest absolute Gasteiger partial charge is 1.00 e. The molecule has 1 aliphatic heterocycles. The zero-order chi connectivity index (χ0) is 19.0. The van der Waals surface area contributed by atoms with E-state index in [4.69, 9.17) is 5.11 Å². The Balaban J connectivity index is 0.00000196. The van der Waals surface area contributed by atoms with Crippen LogP contribution in [0.1, 0.15) is 11.8 Å². The number of carbonyl (C=O) groups is 1. The molecule has 10 heteroatoms. The molecule has 1 fully saturated rings. The van der Waals surface area contributed by atoms with Crippen LogP contribution in [0.15, 0.2) is 17.1 Å². The number of hydrogen-bond donors (Lipinski definition) is 1. The molecular formula is C17H19F3KN3O3. The number of aromatic carboxylic acids is 1. The van der Waals surface area contributed by atoms with Crippen molar-refractivity contribution in [1.29, 1.82) is 0 Å². The fourth-order valence-corrected chi connectivity index (χ4v) is 3.22. The minimum absolute atomic E-state index is 0. The van der Waals surface area contributed by atoms with Gasteiger partial charge in [-0.15, -0.1) is 0 Å². The Morgan fingerprint density at radius 2 is 1.89 bits per heavy atom. The molecule has 1 aromatic heterocycles. The number of fused-ring (bicyclic) bond motifs is 1. The molecule has 0 atom stereocenters. The van der Waals surface area contributed by atoms with Gasteiger partial charge in [0.25, 0.3) is 0 Å². The van der Waals surface area contributed by atoms with Crippen molar-refractivity contribution < 1.29 is 75.9 Å². The average molecular weight is 409 g/mol. The first-order valence-electron chi connectivity index (χ1n) is 8.13. The van der Waals surface area contributed by atoms with E-state index in [9.17, 15) is 18.4 Å². The molecule has 3 rings (SSSR count). The number of alkyl halides is 1. The second kappa shape index (κ2) is 9.06. The second-order valence-electron chi connectivity index (χ2n) is 6.27. The van der Waals surface area contributed by atoms with Crippen LogP contribution in [-0.2, 0) is 6.54 Å². The molecule has 0 amide bonds. The molecule has 6 nitrogen and oxygen atoms in total. The van der Waals surface area contributed by atoms with E-state index in [1.165, 1.54) is 0 Å². The zero-order valence-corrected chi connectivity index (χ0v) is 18.3. The zero-order valence-electron chi connectivity index (χ0n) is 16.1. The maximum Gasteiger partial charge on any atom is 1.00 e. The molecule has 1 aliphatic rings. The Morgan fingerprint density at radius 1 is 1.26 bits per heavy atom. The molecule has 1 saturated heterocycles. The Labute approximate surface area is 197 Å². The monoisotopic (exact) mass is 409 g/mol. The molecule has 0 unspecified atom stereocenters. The first-order chi connectivity index (χ1) is 12.3. The molecule has 0 bridgehead atoms. The summed E-state index contributed by atoms with van der Waals surface area (Å²) in [5.41, 5.74) is -2.21. The third kappa shape index (κ3) is 4.25. The number of aromatic nitrogens is 1. The Hall–Kier alpha value is -0.914. The van der Waals surface area contributed by atoms with E-state index >= 15 is 4.39 Å². The summed E-state index contributed by atoms with van der Waals surface area (Å²) in [6.45, 7) is 0.796. The Bertz CT molecular complexity index is 933. The van der Waals surface area contributed by atoms with Crippen LogP contribution < -0.4 is 61.7 Å². The summed E-state index contributed by atoms with van der Waals surface area (Å²) < 4.78 is 43.7. The summed E-state index contributed by atoms with van der Waals surface area (Å²) in [7, 11) is 1.90. The molecule has 142 valence electrons. The van der Waals surface area contributed by atoms with Crippen molar-refractivity contribution in [3.8, 4) is 0 Å². The average Bonchev–Trinajstić information content (AvgIpc) is 2.58. The summed E-state index contributed by atoms with van der Waals surface area (Å²) in [4.78, 5) is 27.1. The number of rotatable bonds is 4. The van der Waals surface area contributed by atoms with Gasteiger partial charge in [-0.3, -0.25) is 4.79 Å². The summed E-state index contributed by atoms with van der Waals surface area (Å²) in [6.07, 6.45) is 0.904. The summed E-state index contributed by atoms with van der Waals surface area (Å²) >= 11 is 0. The van der Waals surface area contributed by atoms with Crippen molar-refractivity contribution in [3.63, 3.8) is 0 Å². The number of anilines is 1. The number of carboxylic acids is 1. The molecule has 0 saturated carbocycles. The molecule has 0 aliphatic carbocycles. The van der Waals surface area contributed by atoms with Crippen molar-refractivity contribution >= 4 is 22.6 Å². The van der Waals surface area contributed by atoms with E-state index in [-0.39, 0.29) is 70.6 Å². The second-order valence-corrected chi connectivity index (χ2v) is 6.27. The number of carboxylic acid groups (broad SMARTS) is 1. The van der Waals surface area contributed by atoms with Crippen LogP contribution >= 0.6 is 0 Å². The first kappa shape index (κ1) is 22.4. The first-order valence-corrected chi connectivity index (χ1v) is 8.13. The SMILES string of the molecule is CN1CCN(c2c(F)cc3c(=O)c(C(=O)O)cn(CCF)c3c2F)CC1.[H-].[K+]. The molecule has 0 radical (unpaired) electrons. The summed E-state index contributed by atoms with van der Waals surface area (Å²) in [5, 5.41) is 8.72. The van der Waals surface area contributed by atoms with Crippen molar-refractivity contribution in [2.75, 3.05) is 44.8 Å². The molecule has 0 spiro atoms. The minimum Gasteiger partial charge on any atom is -1.00 e. The van der Waals surface area contributed by atoms with Crippen LogP contribution in [0, 0.1) is 11.6 Å². The van der Waals surface area contributed by atoms with Crippen LogP contribution in [0.5, 0.6) is 0 Å². The summed E-state index contributed by atoms with van der Waals surface area (Å²) in [6, 6.07) is 0.843. The summed E-state index contributed by atoms with van der Waals surface area (Å²) in [5.74, 6) is -3.45. The standard InChI is InChI=1S/C17H18F3N3O3.K.H/c1-21-4-6-22(7-5-21)15-12(19)8-10-14(13(15)20)23(3-2-18)9-11(16(10)24)17(25)26;;/h8-9H,2-7H2,1H3,(H,25,26);;/q;+1;-1. The fraction of sp³-hybridized carbons (Fsp3) is 0.412. The van der Waals surface area contributed by atoms with Gasteiger partial charge in [0.15, 0.2) is 5.82 Å². The molecule has 2 aromatic rings. The van der Waals surface area contributed by atoms with Crippen LogP contribution in [0.3, 0.4) is 0 Å². The Morgan fingerprint density at radius 3 is 2.44 bits per heavy atom. The minimum atomic E-state index is -1.53. The van der Waals surface area contributed by atoms with Crippen molar-refractivity contribution in [3.05, 3.63) is 39.7 Å². The van der Waals surface area contributed by atoms with Crippen molar-refractivity contribution in [1.82, 2.24) is 9.47 Å². The molecule has 1 N–H and O–H groups in total. The van der Waals surface area contributed by atoms with Gasteiger partial charge in [-0.25, -0.2) is 18.0 Å².